The van der Waals surface area contributed by atoms with E-state index in [1.54, 1.807) is 11.8 Å². The second-order valence-corrected chi connectivity index (χ2v) is 5.20. The van der Waals surface area contributed by atoms with Gasteiger partial charge in [-0.25, -0.2) is 4.79 Å². The summed E-state index contributed by atoms with van der Waals surface area (Å²) in [5.74, 6) is -0.902. The van der Waals surface area contributed by atoms with Gasteiger partial charge in [-0.2, -0.15) is 0 Å². The molecule has 1 unspecified atom stereocenters. The summed E-state index contributed by atoms with van der Waals surface area (Å²) in [6.07, 6.45) is 1.63. The minimum absolute atomic E-state index is 0.0557. The van der Waals surface area contributed by atoms with Crippen LogP contribution < -0.4 is 5.32 Å². The largest absolute Gasteiger partial charge is 0.481 e. The second-order valence-electron chi connectivity index (χ2n) is 5.20. The highest BCUT2D eigenvalue weighted by molar-refractivity contribution is 5.76. The third-order valence-corrected chi connectivity index (χ3v) is 3.56. The number of nitrogens with one attached hydrogen (secondary N) is 1. The Balaban J connectivity index is 1.92. The highest BCUT2D eigenvalue weighted by Crippen LogP contribution is 2.15. The van der Waals surface area contributed by atoms with E-state index in [2.05, 4.69) is 17.4 Å². The van der Waals surface area contributed by atoms with Crippen LogP contribution in [0.3, 0.4) is 0 Å². The molecule has 1 aliphatic heterocycles. The molecular formula is C15H20N2O3. The quantitative estimate of drug-likeness (QED) is 0.882. The molecule has 5 heteroatoms. The van der Waals surface area contributed by atoms with Crippen molar-refractivity contribution in [2.45, 2.75) is 32.2 Å². The molecule has 2 rings (SSSR count). The number of urea groups is 1. The van der Waals surface area contributed by atoms with E-state index < -0.39 is 5.97 Å². The van der Waals surface area contributed by atoms with Gasteiger partial charge in [0.1, 0.15) is 0 Å². The number of fused-ring (bicyclic) bond motifs is 1. The summed E-state index contributed by atoms with van der Waals surface area (Å²) >= 11 is 0. The maximum atomic E-state index is 12.1. The molecule has 0 bridgehead atoms. The molecule has 0 saturated carbocycles. The number of aliphatic carboxylic acids is 1. The van der Waals surface area contributed by atoms with Gasteiger partial charge in [-0.3, -0.25) is 4.79 Å². The van der Waals surface area contributed by atoms with E-state index in [0.717, 1.165) is 12.8 Å². The molecular weight excluding hydrogens is 256 g/mol. The number of rotatable bonds is 3. The SMILES string of the molecule is CC(CC(=O)O)NC(=O)N1CCc2ccccc2CC1. The van der Waals surface area contributed by atoms with Crippen LogP contribution in [0.5, 0.6) is 0 Å². The minimum atomic E-state index is -0.902. The van der Waals surface area contributed by atoms with Gasteiger partial charge in [-0.05, 0) is 30.9 Å². The zero-order valence-electron chi connectivity index (χ0n) is 11.6. The number of benzene rings is 1. The summed E-state index contributed by atoms with van der Waals surface area (Å²) in [5.41, 5.74) is 2.59. The number of hydrogen-bond donors (Lipinski definition) is 2. The Labute approximate surface area is 118 Å². The zero-order chi connectivity index (χ0) is 14.5. The topological polar surface area (TPSA) is 69.6 Å². The number of amides is 2. The third-order valence-electron chi connectivity index (χ3n) is 3.56. The maximum absolute atomic E-state index is 12.1. The van der Waals surface area contributed by atoms with Gasteiger partial charge >= 0.3 is 12.0 Å². The smallest absolute Gasteiger partial charge is 0.317 e. The number of carboxylic acid groups (broad SMARTS) is 1. The lowest BCUT2D eigenvalue weighted by atomic mass is 10.0. The third kappa shape index (κ3) is 3.73. The Morgan fingerprint density at radius 1 is 1.25 bits per heavy atom. The first-order valence-electron chi connectivity index (χ1n) is 6.90. The highest BCUT2D eigenvalue weighted by Gasteiger charge is 2.20. The van der Waals surface area contributed by atoms with Crippen LogP contribution in [0.15, 0.2) is 24.3 Å². The van der Waals surface area contributed by atoms with E-state index in [0.29, 0.717) is 13.1 Å². The number of carboxylic acids is 1. The molecule has 2 amide bonds. The summed E-state index contributed by atoms with van der Waals surface area (Å²) in [5, 5.41) is 11.4. The molecule has 1 heterocycles. The molecule has 1 aromatic carbocycles. The van der Waals surface area contributed by atoms with Gasteiger partial charge in [0.05, 0.1) is 6.42 Å². The van der Waals surface area contributed by atoms with Crippen LogP contribution in [0.25, 0.3) is 0 Å². The summed E-state index contributed by atoms with van der Waals surface area (Å²) in [7, 11) is 0. The molecule has 1 aromatic rings. The normalized spacial score (nSPS) is 15.9. The predicted octanol–water partition coefficient (Wildman–Crippen LogP) is 1.66. The van der Waals surface area contributed by atoms with E-state index in [1.165, 1.54) is 11.1 Å². The molecule has 0 spiro atoms. The van der Waals surface area contributed by atoms with Crippen molar-refractivity contribution in [3.05, 3.63) is 35.4 Å². The second kappa shape index (κ2) is 6.41. The van der Waals surface area contributed by atoms with Gasteiger partial charge in [0.15, 0.2) is 0 Å². The van der Waals surface area contributed by atoms with Crippen LogP contribution in [0.4, 0.5) is 4.79 Å². The standard InChI is InChI=1S/C15H20N2O3/c1-11(10-14(18)19)16-15(20)17-8-6-12-4-2-3-5-13(12)7-9-17/h2-5,11H,6-10H2,1H3,(H,16,20)(H,18,19). The van der Waals surface area contributed by atoms with E-state index in [4.69, 9.17) is 5.11 Å². The fourth-order valence-corrected chi connectivity index (χ4v) is 2.49. The van der Waals surface area contributed by atoms with Crippen molar-refractivity contribution >= 4 is 12.0 Å². The molecule has 5 nitrogen and oxygen atoms in total. The van der Waals surface area contributed by atoms with Crippen LogP contribution in [0.1, 0.15) is 24.5 Å². The first-order valence-corrected chi connectivity index (χ1v) is 6.90. The van der Waals surface area contributed by atoms with E-state index in [1.807, 2.05) is 12.1 Å². The Bertz CT molecular complexity index is 475. The van der Waals surface area contributed by atoms with Crippen molar-refractivity contribution in [2.75, 3.05) is 13.1 Å². The Kier molecular flexibility index (Phi) is 4.61. The van der Waals surface area contributed by atoms with Crippen LogP contribution in [-0.2, 0) is 17.6 Å². The van der Waals surface area contributed by atoms with Crippen LogP contribution in [-0.4, -0.2) is 41.1 Å². The summed E-state index contributed by atoms with van der Waals surface area (Å²) in [4.78, 5) is 24.5. The molecule has 0 saturated heterocycles. The Morgan fingerprint density at radius 2 is 1.80 bits per heavy atom. The van der Waals surface area contributed by atoms with Crippen molar-refractivity contribution in [2.24, 2.45) is 0 Å². The van der Waals surface area contributed by atoms with Gasteiger partial charge < -0.3 is 15.3 Å². The average Bonchev–Trinajstić information content (AvgIpc) is 2.60. The molecule has 2 N–H and O–H groups in total. The van der Waals surface area contributed by atoms with E-state index in [9.17, 15) is 9.59 Å². The number of hydrogen-bond acceptors (Lipinski definition) is 2. The highest BCUT2D eigenvalue weighted by atomic mass is 16.4. The van der Waals surface area contributed by atoms with Gasteiger partial charge in [0.25, 0.3) is 0 Å². The first kappa shape index (κ1) is 14.4. The van der Waals surface area contributed by atoms with Crippen LogP contribution in [0.2, 0.25) is 0 Å². The van der Waals surface area contributed by atoms with E-state index in [-0.39, 0.29) is 18.5 Å². The average molecular weight is 276 g/mol. The molecule has 108 valence electrons. The zero-order valence-corrected chi connectivity index (χ0v) is 11.6. The van der Waals surface area contributed by atoms with Gasteiger partial charge in [0, 0.05) is 19.1 Å². The summed E-state index contributed by atoms with van der Waals surface area (Å²) < 4.78 is 0. The lowest BCUT2D eigenvalue weighted by molar-refractivity contribution is -0.137. The van der Waals surface area contributed by atoms with Crippen molar-refractivity contribution in [3.8, 4) is 0 Å². The van der Waals surface area contributed by atoms with Crippen molar-refractivity contribution in [3.63, 3.8) is 0 Å². The molecule has 1 aliphatic rings. The van der Waals surface area contributed by atoms with Crippen LogP contribution in [0, 0.1) is 0 Å². The van der Waals surface area contributed by atoms with Crippen molar-refractivity contribution in [1.82, 2.24) is 10.2 Å². The minimum Gasteiger partial charge on any atom is -0.481 e. The van der Waals surface area contributed by atoms with Gasteiger partial charge in [-0.15, -0.1) is 0 Å². The Morgan fingerprint density at radius 3 is 2.30 bits per heavy atom. The Hall–Kier alpha value is -2.04. The summed E-state index contributed by atoms with van der Waals surface area (Å²) in [6, 6.07) is 7.71. The fourth-order valence-electron chi connectivity index (χ4n) is 2.49. The molecule has 0 fully saturated rings. The first-order chi connectivity index (χ1) is 9.56. The molecule has 1 atom stereocenters. The number of carbonyl (C=O) groups excluding carboxylic acids is 1. The maximum Gasteiger partial charge on any atom is 0.317 e. The monoisotopic (exact) mass is 276 g/mol. The predicted molar refractivity (Wildman–Crippen MR) is 75.7 cm³/mol. The molecule has 20 heavy (non-hydrogen) atoms. The molecule has 0 radical (unpaired) electrons. The number of carbonyl (C=O) groups is 2. The number of nitrogens with zero attached hydrogens (tertiary/aromatic N) is 1. The van der Waals surface area contributed by atoms with Crippen molar-refractivity contribution in [1.29, 1.82) is 0 Å². The van der Waals surface area contributed by atoms with Gasteiger partial charge in [-0.1, -0.05) is 24.3 Å². The molecule has 0 aliphatic carbocycles. The van der Waals surface area contributed by atoms with Crippen molar-refractivity contribution < 1.29 is 14.7 Å². The summed E-state index contributed by atoms with van der Waals surface area (Å²) in [6.45, 7) is 3.05. The van der Waals surface area contributed by atoms with E-state index >= 15 is 0 Å². The molecule has 0 aromatic heterocycles. The fraction of sp³-hybridized carbons (Fsp3) is 0.467. The lowest BCUT2D eigenvalue weighted by Gasteiger charge is -2.23. The van der Waals surface area contributed by atoms with Gasteiger partial charge in [0.2, 0.25) is 0 Å². The van der Waals surface area contributed by atoms with Crippen LogP contribution >= 0.6 is 0 Å². The lowest BCUT2D eigenvalue weighted by Crippen LogP contribution is -2.45.